The lowest BCUT2D eigenvalue weighted by Gasteiger charge is -2.42. The summed E-state index contributed by atoms with van der Waals surface area (Å²) in [7, 11) is 0. The molecule has 0 bridgehead atoms. The molecule has 3 nitrogen and oxygen atoms in total. The van der Waals surface area contributed by atoms with Crippen molar-refractivity contribution in [2.75, 3.05) is 5.73 Å². The van der Waals surface area contributed by atoms with Crippen LogP contribution < -0.4 is 11.1 Å². The quantitative estimate of drug-likeness (QED) is 0.782. The summed E-state index contributed by atoms with van der Waals surface area (Å²) in [5.41, 5.74) is 7.45. The van der Waals surface area contributed by atoms with E-state index in [4.69, 9.17) is 5.73 Å². The van der Waals surface area contributed by atoms with Gasteiger partial charge in [-0.25, -0.2) is 0 Å². The van der Waals surface area contributed by atoms with Gasteiger partial charge >= 0.3 is 0 Å². The van der Waals surface area contributed by atoms with Crippen LogP contribution in [0.15, 0.2) is 24.3 Å². The molecule has 1 aliphatic carbocycles. The summed E-state index contributed by atoms with van der Waals surface area (Å²) in [6, 6.07) is 7.49. The van der Waals surface area contributed by atoms with Crippen LogP contribution in [0.25, 0.3) is 0 Å². The number of rotatable bonds is 4. The Balaban J connectivity index is 1.91. The van der Waals surface area contributed by atoms with Crippen molar-refractivity contribution in [1.82, 2.24) is 5.32 Å². The van der Waals surface area contributed by atoms with E-state index in [0.717, 1.165) is 30.5 Å². The molecular formula is C14H20N2O. The van der Waals surface area contributed by atoms with Crippen LogP contribution in [0, 0.1) is 0 Å². The SMILES string of the molecule is CCC1(NC(=O)Cc2ccc(N)cc2)CCC1. The summed E-state index contributed by atoms with van der Waals surface area (Å²) in [6.45, 7) is 2.14. The van der Waals surface area contributed by atoms with E-state index in [-0.39, 0.29) is 11.4 Å². The zero-order chi connectivity index (χ0) is 12.3. The molecule has 0 aromatic heterocycles. The number of nitrogens with two attached hydrogens (primary N) is 1. The predicted octanol–water partition coefficient (Wildman–Crippen LogP) is 2.26. The number of anilines is 1. The minimum atomic E-state index is 0.0882. The average Bonchev–Trinajstić information content (AvgIpc) is 2.27. The maximum Gasteiger partial charge on any atom is 0.224 e. The van der Waals surface area contributed by atoms with Gasteiger partial charge in [0.15, 0.2) is 0 Å². The first kappa shape index (κ1) is 12.0. The highest BCUT2D eigenvalue weighted by Gasteiger charge is 2.36. The van der Waals surface area contributed by atoms with Gasteiger partial charge in [0.05, 0.1) is 6.42 Å². The summed E-state index contributed by atoms with van der Waals surface area (Å²) in [6.07, 6.45) is 4.95. The fraction of sp³-hybridized carbons (Fsp3) is 0.500. The smallest absolute Gasteiger partial charge is 0.224 e. The molecule has 0 aliphatic heterocycles. The molecule has 3 heteroatoms. The van der Waals surface area contributed by atoms with Crippen molar-refractivity contribution >= 4 is 11.6 Å². The van der Waals surface area contributed by atoms with Crippen LogP contribution in [0.4, 0.5) is 5.69 Å². The molecule has 1 aromatic rings. The molecule has 0 spiro atoms. The zero-order valence-corrected chi connectivity index (χ0v) is 10.3. The molecule has 0 heterocycles. The monoisotopic (exact) mass is 232 g/mol. The van der Waals surface area contributed by atoms with Crippen LogP contribution in [0.5, 0.6) is 0 Å². The van der Waals surface area contributed by atoms with Gasteiger partial charge in [-0.2, -0.15) is 0 Å². The fourth-order valence-corrected chi connectivity index (χ4v) is 2.33. The molecule has 1 amide bonds. The van der Waals surface area contributed by atoms with Gasteiger partial charge in [-0.15, -0.1) is 0 Å². The Hall–Kier alpha value is -1.51. The van der Waals surface area contributed by atoms with Gasteiger partial charge in [0.1, 0.15) is 0 Å². The molecule has 0 unspecified atom stereocenters. The third kappa shape index (κ3) is 2.78. The lowest BCUT2D eigenvalue weighted by molar-refractivity contribution is -0.123. The van der Waals surface area contributed by atoms with Crippen molar-refractivity contribution in [3.63, 3.8) is 0 Å². The van der Waals surface area contributed by atoms with E-state index in [1.165, 1.54) is 6.42 Å². The molecule has 92 valence electrons. The summed E-state index contributed by atoms with van der Waals surface area (Å²) in [4.78, 5) is 11.9. The Bertz CT molecular complexity index is 388. The van der Waals surface area contributed by atoms with Crippen molar-refractivity contribution in [1.29, 1.82) is 0 Å². The van der Waals surface area contributed by atoms with E-state index >= 15 is 0 Å². The molecule has 0 saturated heterocycles. The summed E-state index contributed by atoms with van der Waals surface area (Å²) >= 11 is 0. The number of nitrogens with one attached hydrogen (secondary N) is 1. The largest absolute Gasteiger partial charge is 0.399 e. The maximum absolute atomic E-state index is 11.9. The first-order valence-corrected chi connectivity index (χ1v) is 6.29. The lowest BCUT2D eigenvalue weighted by Crippen LogP contribution is -2.53. The van der Waals surface area contributed by atoms with Crippen molar-refractivity contribution in [3.8, 4) is 0 Å². The fourth-order valence-electron chi connectivity index (χ4n) is 2.33. The van der Waals surface area contributed by atoms with Gasteiger partial charge < -0.3 is 11.1 Å². The minimum Gasteiger partial charge on any atom is -0.399 e. The van der Waals surface area contributed by atoms with Crippen LogP contribution in [-0.4, -0.2) is 11.4 Å². The van der Waals surface area contributed by atoms with Gasteiger partial charge in [-0.05, 0) is 43.4 Å². The number of benzene rings is 1. The van der Waals surface area contributed by atoms with E-state index in [2.05, 4.69) is 12.2 Å². The van der Waals surface area contributed by atoms with Crippen LogP contribution in [0.2, 0.25) is 0 Å². The molecule has 1 saturated carbocycles. The van der Waals surface area contributed by atoms with Crippen molar-refractivity contribution in [2.45, 2.75) is 44.6 Å². The Labute approximate surface area is 102 Å². The highest BCUT2D eigenvalue weighted by molar-refractivity contribution is 5.79. The molecule has 1 aliphatic rings. The van der Waals surface area contributed by atoms with Crippen molar-refractivity contribution in [2.24, 2.45) is 0 Å². The third-order valence-corrected chi connectivity index (χ3v) is 3.74. The van der Waals surface area contributed by atoms with Crippen molar-refractivity contribution < 1.29 is 4.79 Å². The molecule has 3 N–H and O–H groups in total. The van der Waals surface area contributed by atoms with Crippen LogP contribution in [0.1, 0.15) is 38.2 Å². The normalized spacial score (nSPS) is 17.2. The highest BCUT2D eigenvalue weighted by Crippen LogP contribution is 2.34. The van der Waals surface area contributed by atoms with Gasteiger partial charge in [0.25, 0.3) is 0 Å². The van der Waals surface area contributed by atoms with E-state index in [1.54, 1.807) is 0 Å². The van der Waals surface area contributed by atoms with Crippen LogP contribution in [0.3, 0.4) is 0 Å². The Kier molecular flexibility index (Phi) is 3.36. The molecule has 2 rings (SSSR count). The van der Waals surface area contributed by atoms with Crippen LogP contribution >= 0.6 is 0 Å². The first-order chi connectivity index (χ1) is 8.13. The lowest BCUT2D eigenvalue weighted by atomic mass is 9.75. The number of carbonyl (C=O) groups is 1. The van der Waals surface area contributed by atoms with Gasteiger partial charge in [0, 0.05) is 11.2 Å². The first-order valence-electron chi connectivity index (χ1n) is 6.29. The average molecular weight is 232 g/mol. The molecule has 0 radical (unpaired) electrons. The second-order valence-electron chi connectivity index (χ2n) is 4.95. The van der Waals surface area contributed by atoms with E-state index < -0.39 is 0 Å². The maximum atomic E-state index is 11.9. The molecule has 1 aromatic carbocycles. The number of amides is 1. The van der Waals surface area contributed by atoms with Gasteiger partial charge in [-0.3, -0.25) is 4.79 Å². The van der Waals surface area contributed by atoms with E-state index in [0.29, 0.717) is 6.42 Å². The summed E-state index contributed by atoms with van der Waals surface area (Å²) in [5, 5.41) is 3.17. The minimum absolute atomic E-state index is 0.0882. The molecule has 1 fully saturated rings. The Morgan fingerprint density at radius 3 is 2.47 bits per heavy atom. The molecular weight excluding hydrogens is 212 g/mol. The second-order valence-corrected chi connectivity index (χ2v) is 4.95. The molecule has 17 heavy (non-hydrogen) atoms. The van der Waals surface area contributed by atoms with Gasteiger partial charge in [0.2, 0.25) is 5.91 Å². The second kappa shape index (κ2) is 4.78. The zero-order valence-electron chi connectivity index (χ0n) is 10.3. The van der Waals surface area contributed by atoms with E-state index in [9.17, 15) is 4.79 Å². The number of carbonyl (C=O) groups excluding carboxylic acids is 1. The number of hydrogen-bond acceptors (Lipinski definition) is 2. The highest BCUT2D eigenvalue weighted by atomic mass is 16.1. The van der Waals surface area contributed by atoms with E-state index in [1.807, 2.05) is 24.3 Å². The topological polar surface area (TPSA) is 55.1 Å². The predicted molar refractivity (Wildman–Crippen MR) is 69.6 cm³/mol. The van der Waals surface area contributed by atoms with Gasteiger partial charge in [-0.1, -0.05) is 19.1 Å². The summed E-state index contributed by atoms with van der Waals surface area (Å²) in [5.74, 6) is 0.122. The standard InChI is InChI=1S/C14H20N2O/c1-2-14(8-3-9-14)16-13(17)10-11-4-6-12(15)7-5-11/h4-7H,2-3,8-10,15H2,1H3,(H,16,17). The van der Waals surface area contributed by atoms with Crippen LogP contribution in [-0.2, 0) is 11.2 Å². The third-order valence-electron chi connectivity index (χ3n) is 3.74. The Morgan fingerprint density at radius 1 is 1.35 bits per heavy atom. The number of hydrogen-bond donors (Lipinski definition) is 2. The Morgan fingerprint density at radius 2 is 2.00 bits per heavy atom. The van der Waals surface area contributed by atoms with Crippen molar-refractivity contribution in [3.05, 3.63) is 29.8 Å². The number of nitrogen functional groups attached to an aromatic ring is 1. The molecule has 0 atom stereocenters. The summed E-state index contributed by atoms with van der Waals surface area (Å²) < 4.78 is 0.